The Hall–Kier alpha value is -3.12. The van der Waals surface area contributed by atoms with E-state index in [-0.39, 0.29) is 5.91 Å². The summed E-state index contributed by atoms with van der Waals surface area (Å²) in [7, 11) is -0.836. The first-order chi connectivity index (χ1) is 13.9. The summed E-state index contributed by atoms with van der Waals surface area (Å²) >= 11 is 0. The molecule has 0 aromatic heterocycles. The van der Waals surface area contributed by atoms with Crippen LogP contribution in [0.15, 0.2) is 72.8 Å². The van der Waals surface area contributed by atoms with Gasteiger partial charge in [-0.15, -0.1) is 0 Å². The molecule has 1 amide bonds. The lowest BCUT2D eigenvalue weighted by molar-refractivity contribution is 0.102. The highest BCUT2D eigenvalue weighted by atomic mass is 31.2. The number of hydrogen-bond donors (Lipinski definition) is 3. The van der Waals surface area contributed by atoms with Gasteiger partial charge in [0.2, 0.25) is 0 Å². The van der Waals surface area contributed by atoms with Crippen molar-refractivity contribution in [1.82, 2.24) is 0 Å². The minimum absolute atomic E-state index is 0.310. The summed E-state index contributed by atoms with van der Waals surface area (Å²) in [5.41, 5.74) is 9.93. The van der Waals surface area contributed by atoms with Crippen LogP contribution in [0.2, 0.25) is 0 Å². The summed E-state index contributed by atoms with van der Waals surface area (Å²) in [5, 5.41) is 5.50. The molecule has 0 saturated carbocycles. The molecule has 150 valence electrons. The average molecular weight is 411 g/mol. The summed E-state index contributed by atoms with van der Waals surface area (Å²) in [6.45, 7) is 0. The van der Waals surface area contributed by atoms with Crippen LogP contribution in [-0.2, 0) is 13.6 Å². The lowest BCUT2D eigenvalue weighted by atomic mass is 10.0. The van der Waals surface area contributed by atoms with Crippen molar-refractivity contribution in [3.8, 4) is 11.1 Å². The Kier molecular flexibility index (Phi) is 6.34. The van der Waals surface area contributed by atoms with E-state index in [1.165, 1.54) is 14.2 Å². The molecule has 3 aromatic rings. The number of carbonyl (C=O) groups excluding carboxylic acids is 1. The quantitative estimate of drug-likeness (QED) is 0.373. The monoisotopic (exact) mass is 411 g/mol. The third kappa shape index (κ3) is 5.03. The second kappa shape index (κ2) is 8.92. The van der Waals surface area contributed by atoms with E-state index in [2.05, 4.69) is 10.4 Å². The van der Waals surface area contributed by atoms with Crippen molar-refractivity contribution in [3.63, 3.8) is 0 Å². The van der Waals surface area contributed by atoms with Gasteiger partial charge in [-0.05, 0) is 47.5 Å². The molecule has 3 aromatic carbocycles. The normalized spacial score (nSPS) is 11.1. The van der Waals surface area contributed by atoms with Crippen molar-refractivity contribution in [1.29, 1.82) is 0 Å². The van der Waals surface area contributed by atoms with Crippen molar-refractivity contribution < 1.29 is 18.4 Å². The fraction of sp³-hybridized carbons (Fsp3) is 0.0952. The van der Waals surface area contributed by atoms with E-state index in [1.807, 2.05) is 42.5 Å². The number of rotatable bonds is 7. The Morgan fingerprint density at radius 1 is 0.897 bits per heavy atom. The van der Waals surface area contributed by atoms with Gasteiger partial charge in [-0.1, -0.05) is 36.4 Å². The van der Waals surface area contributed by atoms with Crippen LogP contribution in [0.1, 0.15) is 10.4 Å². The fourth-order valence-electron chi connectivity index (χ4n) is 2.69. The summed E-state index contributed by atoms with van der Waals surface area (Å²) < 4.78 is 21.8. The molecule has 0 aliphatic carbocycles. The number of nitrogen functional groups attached to an aromatic ring is 1. The van der Waals surface area contributed by atoms with Crippen LogP contribution in [0.25, 0.3) is 11.1 Å². The number of hydrogen-bond acceptors (Lipinski definition) is 5. The van der Waals surface area contributed by atoms with Crippen molar-refractivity contribution in [3.05, 3.63) is 78.4 Å². The van der Waals surface area contributed by atoms with Gasteiger partial charge in [0.05, 0.1) is 11.4 Å². The zero-order valence-corrected chi connectivity index (χ0v) is 17.0. The molecular formula is C21H22N3O4P. The molecule has 0 unspecified atom stereocenters. The lowest BCUT2D eigenvalue weighted by Crippen LogP contribution is -2.13. The molecule has 4 N–H and O–H groups in total. The van der Waals surface area contributed by atoms with Gasteiger partial charge < -0.3 is 11.1 Å². The van der Waals surface area contributed by atoms with E-state index < -0.39 is 7.75 Å². The first-order valence-corrected chi connectivity index (χ1v) is 10.3. The Labute approximate surface area is 169 Å². The predicted molar refractivity (Wildman–Crippen MR) is 116 cm³/mol. The van der Waals surface area contributed by atoms with E-state index in [9.17, 15) is 9.36 Å². The lowest BCUT2D eigenvalue weighted by Gasteiger charge is -2.16. The van der Waals surface area contributed by atoms with Crippen LogP contribution in [0, 0.1) is 0 Å². The minimum Gasteiger partial charge on any atom is -0.397 e. The molecule has 0 aliphatic rings. The molecule has 7 nitrogen and oxygen atoms in total. The van der Waals surface area contributed by atoms with Crippen LogP contribution < -0.4 is 16.1 Å². The van der Waals surface area contributed by atoms with Crippen molar-refractivity contribution in [2.24, 2.45) is 0 Å². The zero-order valence-electron chi connectivity index (χ0n) is 16.1. The van der Waals surface area contributed by atoms with Crippen molar-refractivity contribution in [2.75, 3.05) is 30.4 Å². The third-order valence-electron chi connectivity index (χ3n) is 4.30. The second-order valence-electron chi connectivity index (χ2n) is 6.17. The molecule has 0 spiro atoms. The second-order valence-corrected chi connectivity index (χ2v) is 8.12. The first-order valence-electron chi connectivity index (χ1n) is 8.80. The maximum atomic E-state index is 12.6. The summed E-state index contributed by atoms with van der Waals surface area (Å²) in [4.78, 5) is 12.6. The Morgan fingerprint density at radius 2 is 1.55 bits per heavy atom. The van der Waals surface area contributed by atoms with Gasteiger partial charge in [-0.3, -0.25) is 18.9 Å². The van der Waals surface area contributed by atoms with Gasteiger partial charge >= 0.3 is 7.75 Å². The van der Waals surface area contributed by atoms with Gasteiger partial charge in [0.15, 0.2) is 0 Å². The summed E-state index contributed by atoms with van der Waals surface area (Å²) in [6.07, 6.45) is 0. The fourth-order valence-corrected chi connectivity index (χ4v) is 3.49. The van der Waals surface area contributed by atoms with Crippen LogP contribution >= 0.6 is 7.75 Å². The Bertz CT molecular complexity index is 1030. The number of carbonyl (C=O) groups is 1. The van der Waals surface area contributed by atoms with E-state index in [1.54, 1.807) is 30.3 Å². The largest absolute Gasteiger partial charge is 0.432 e. The van der Waals surface area contributed by atoms with Crippen LogP contribution in [0.4, 0.5) is 17.1 Å². The number of nitrogens with one attached hydrogen (secondary N) is 2. The molecule has 0 radical (unpaired) electrons. The molecule has 3 rings (SSSR count). The molecule has 0 aliphatic heterocycles. The molecular weight excluding hydrogens is 389 g/mol. The first kappa shape index (κ1) is 20.6. The van der Waals surface area contributed by atoms with E-state index in [0.717, 1.165) is 11.1 Å². The van der Waals surface area contributed by atoms with Crippen molar-refractivity contribution in [2.45, 2.75) is 0 Å². The molecule has 0 heterocycles. The van der Waals surface area contributed by atoms with Gasteiger partial charge in [-0.25, -0.2) is 4.57 Å². The van der Waals surface area contributed by atoms with Gasteiger partial charge in [0, 0.05) is 25.5 Å². The molecule has 0 fully saturated rings. The SMILES string of the molecule is COP(=O)(Nc1ccc(C(=O)Nc2cc(-c3ccccc3)ccc2N)cc1)OC. The Balaban J connectivity index is 1.76. The average Bonchev–Trinajstić information content (AvgIpc) is 2.76. The predicted octanol–water partition coefficient (Wildman–Crippen LogP) is 5.00. The molecule has 0 atom stereocenters. The number of anilines is 3. The highest BCUT2D eigenvalue weighted by molar-refractivity contribution is 7.55. The van der Waals surface area contributed by atoms with E-state index in [4.69, 9.17) is 14.8 Å². The van der Waals surface area contributed by atoms with Gasteiger partial charge in [0.1, 0.15) is 0 Å². The van der Waals surface area contributed by atoms with Gasteiger partial charge in [-0.2, -0.15) is 0 Å². The number of benzene rings is 3. The topological polar surface area (TPSA) is 103 Å². The maximum absolute atomic E-state index is 12.6. The molecule has 0 bridgehead atoms. The number of nitrogens with two attached hydrogens (primary N) is 1. The third-order valence-corrected chi connectivity index (χ3v) is 5.80. The van der Waals surface area contributed by atoms with Crippen LogP contribution in [-0.4, -0.2) is 20.1 Å². The highest BCUT2D eigenvalue weighted by Gasteiger charge is 2.20. The number of amides is 1. The highest BCUT2D eigenvalue weighted by Crippen LogP contribution is 2.45. The van der Waals surface area contributed by atoms with Crippen LogP contribution in [0.3, 0.4) is 0 Å². The zero-order chi connectivity index (χ0) is 20.9. The van der Waals surface area contributed by atoms with Gasteiger partial charge in [0.25, 0.3) is 5.91 Å². The summed E-state index contributed by atoms with van der Waals surface area (Å²) in [5.74, 6) is -0.310. The molecule has 0 saturated heterocycles. The summed E-state index contributed by atoms with van der Waals surface area (Å²) in [6, 6.07) is 21.8. The van der Waals surface area contributed by atoms with E-state index in [0.29, 0.717) is 22.6 Å². The minimum atomic E-state index is -3.41. The van der Waals surface area contributed by atoms with Crippen molar-refractivity contribution >= 4 is 30.7 Å². The van der Waals surface area contributed by atoms with E-state index >= 15 is 0 Å². The molecule has 8 heteroatoms. The standard InChI is InChI=1S/C21H22N3O4P/c1-27-29(26,28-2)24-18-11-8-16(9-12-18)21(25)23-20-14-17(10-13-19(20)22)15-6-4-3-5-7-15/h3-14H,22H2,1-2H3,(H,23,25)(H,24,26). The maximum Gasteiger partial charge on any atom is 0.432 e. The smallest absolute Gasteiger partial charge is 0.397 e. The van der Waals surface area contributed by atoms with Crippen LogP contribution in [0.5, 0.6) is 0 Å². The Morgan fingerprint density at radius 3 is 2.17 bits per heavy atom. The molecule has 29 heavy (non-hydrogen) atoms.